The van der Waals surface area contributed by atoms with Crippen LogP contribution in [0.1, 0.15) is 54.9 Å². The maximum Gasteiger partial charge on any atom is 0.253 e. The fourth-order valence-electron chi connectivity index (χ4n) is 5.74. The summed E-state index contributed by atoms with van der Waals surface area (Å²) in [6.07, 6.45) is 2.42. The molecule has 2 aliphatic rings. The lowest BCUT2D eigenvalue weighted by atomic mass is 9.90. The van der Waals surface area contributed by atoms with Crippen LogP contribution in [0.3, 0.4) is 0 Å². The van der Waals surface area contributed by atoms with Crippen LogP contribution in [0, 0.1) is 5.92 Å². The fraction of sp³-hybridized carbons (Fsp3) is 0.548. The minimum Gasteiger partial charge on any atom is -0.342 e. The van der Waals surface area contributed by atoms with Gasteiger partial charge in [0.05, 0.1) is 0 Å². The Morgan fingerprint density at radius 2 is 1.66 bits per heavy atom. The van der Waals surface area contributed by atoms with E-state index in [9.17, 15) is 22.8 Å². The van der Waals surface area contributed by atoms with Gasteiger partial charge < -0.3 is 9.80 Å². The van der Waals surface area contributed by atoms with Gasteiger partial charge in [0.2, 0.25) is 12.3 Å². The van der Waals surface area contributed by atoms with Crippen molar-refractivity contribution in [3.63, 3.8) is 0 Å². The number of piperazine rings is 1. The number of carbonyl (C=O) groups is 2. The molecule has 0 spiro atoms. The highest BCUT2D eigenvalue weighted by Crippen LogP contribution is 2.36. The second-order valence-corrected chi connectivity index (χ2v) is 12.2. The SMILES string of the molecule is C[C@@H](CCN(C=O)C1CCC(F)(F)CC1)Cc1c(Cl)cc(-c2ccc(C(=O)N3CCN(CCF)CC3)cc2)cc1Cl. The second kappa shape index (κ2) is 14.3. The molecule has 5 nitrogen and oxygen atoms in total. The standard InChI is InChI=1S/C31H38Cl2F3N3O2/c1-22(8-12-39(21-40)26-6-9-31(35,36)10-7-26)18-27-28(32)19-25(20-29(27)33)23-2-4-24(5-3-23)30(41)38-16-14-37(13-11-34)15-17-38/h2-5,19-22,26H,6-18H2,1H3/t22-/m0/s1. The first-order valence-corrected chi connectivity index (χ1v) is 15.1. The largest absolute Gasteiger partial charge is 0.342 e. The quantitative estimate of drug-likeness (QED) is 0.257. The Bertz CT molecular complexity index is 1160. The highest BCUT2D eigenvalue weighted by atomic mass is 35.5. The van der Waals surface area contributed by atoms with Gasteiger partial charge in [-0.15, -0.1) is 0 Å². The zero-order valence-electron chi connectivity index (χ0n) is 23.4. The molecule has 2 aromatic carbocycles. The van der Waals surface area contributed by atoms with Gasteiger partial charge >= 0.3 is 0 Å². The molecule has 41 heavy (non-hydrogen) atoms. The third kappa shape index (κ3) is 8.39. The number of hydrogen-bond donors (Lipinski definition) is 0. The smallest absolute Gasteiger partial charge is 0.253 e. The molecule has 0 aromatic heterocycles. The van der Waals surface area contributed by atoms with Crippen LogP contribution in [0.4, 0.5) is 13.2 Å². The van der Waals surface area contributed by atoms with Gasteiger partial charge in [-0.2, -0.15) is 0 Å². The van der Waals surface area contributed by atoms with Gasteiger partial charge in [0, 0.05) is 73.8 Å². The number of rotatable bonds is 11. The minimum atomic E-state index is -2.62. The first-order valence-electron chi connectivity index (χ1n) is 14.3. The molecule has 1 saturated heterocycles. The third-order valence-corrected chi connectivity index (χ3v) is 9.06. The minimum absolute atomic E-state index is 0.0357. The first-order chi connectivity index (χ1) is 19.6. The van der Waals surface area contributed by atoms with Gasteiger partial charge in [0.1, 0.15) is 6.67 Å². The summed E-state index contributed by atoms with van der Waals surface area (Å²) in [5.41, 5.74) is 3.16. The lowest BCUT2D eigenvalue weighted by Gasteiger charge is -2.35. The van der Waals surface area contributed by atoms with Crippen LogP contribution in [0.2, 0.25) is 10.0 Å². The molecule has 1 heterocycles. The van der Waals surface area contributed by atoms with Crippen molar-refractivity contribution in [2.75, 3.05) is 45.9 Å². The van der Waals surface area contributed by atoms with Gasteiger partial charge in [-0.25, -0.2) is 13.2 Å². The average molecular weight is 613 g/mol. The monoisotopic (exact) mass is 611 g/mol. The molecule has 0 radical (unpaired) electrons. The molecule has 1 aliphatic heterocycles. The zero-order valence-corrected chi connectivity index (χ0v) is 24.9. The molecule has 2 aromatic rings. The first kappa shape index (κ1) is 31.6. The number of alkyl halides is 3. The van der Waals surface area contributed by atoms with E-state index in [1.165, 1.54) is 0 Å². The lowest BCUT2D eigenvalue weighted by Crippen LogP contribution is -2.49. The molecular formula is C31H38Cl2F3N3O2. The Labute approximate surface area is 250 Å². The molecule has 4 rings (SSSR count). The van der Waals surface area contributed by atoms with Crippen LogP contribution in [0.15, 0.2) is 36.4 Å². The van der Waals surface area contributed by atoms with E-state index < -0.39 is 5.92 Å². The summed E-state index contributed by atoms with van der Waals surface area (Å²) < 4.78 is 39.6. The molecule has 2 amide bonds. The van der Waals surface area contributed by atoms with E-state index in [0.29, 0.717) is 80.6 Å². The summed E-state index contributed by atoms with van der Waals surface area (Å²) in [5.74, 6) is -2.48. The summed E-state index contributed by atoms with van der Waals surface area (Å²) in [7, 11) is 0. The van der Waals surface area contributed by atoms with Crippen LogP contribution < -0.4 is 0 Å². The van der Waals surface area contributed by atoms with E-state index in [0.717, 1.165) is 23.1 Å². The number of hydrogen-bond acceptors (Lipinski definition) is 3. The molecule has 10 heteroatoms. The third-order valence-electron chi connectivity index (χ3n) is 8.39. The maximum atomic E-state index is 13.5. The molecule has 1 atom stereocenters. The molecule has 2 fully saturated rings. The van der Waals surface area contributed by atoms with E-state index in [-0.39, 0.29) is 37.4 Å². The van der Waals surface area contributed by atoms with Gasteiger partial charge in [0.25, 0.3) is 5.91 Å². The number of benzene rings is 2. The fourth-order valence-corrected chi connectivity index (χ4v) is 6.39. The van der Waals surface area contributed by atoms with Crippen molar-refractivity contribution in [2.24, 2.45) is 5.92 Å². The number of carbonyl (C=O) groups excluding carboxylic acids is 2. The average Bonchev–Trinajstić information content (AvgIpc) is 2.96. The Morgan fingerprint density at radius 1 is 1.05 bits per heavy atom. The van der Waals surface area contributed by atoms with Crippen molar-refractivity contribution in [2.45, 2.75) is 57.4 Å². The topological polar surface area (TPSA) is 43.9 Å². The summed E-state index contributed by atoms with van der Waals surface area (Å²) >= 11 is 13.3. The number of halogens is 5. The van der Waals surface area contributed by atoms with E-state index in [2.05, 4.69) is 6.92 Å². The summed E-state index contributed by atoms with van der Waals surface area (Å²) in [5, 5.41) is 1.10. The molecule has 0 bridgehead atoms. The van der Waals surface area contributed by atoms with Crippen molar-refractivity contribution in [3.05, 3.63) is 57.6 Å². The van der Waals surface area contributed by atoms with Gasteiger partial charge in [-0.3, -0.25) is 14.5 Å². The molecule has 1 saturated carbocycles. The molecule has 0 N–H and O–H groups in total. The Hall–Kier alpha value is -2.29. The number of nitrogens with zero attached hydrogens (tertiary/aromatic N) is 3. The molecular weight excluding hydrogens is 574 g/mol. The summed E-state index contributed by atoms with van der Waals surface area (Å²) in [6.45, 7) is 5.11. The molecule has 0 unspecified atom stereocenters. The van der Waals surface area contributed by atoms with E-state index in [1.807, 2.05) is 29.2 Å². The second-order valence-electron chi connectivity index (χ2n) is 11.3. The van der Waals surface area contributed by atoms with Crippen LogP contribution in [0.5, 0.6) is 0 Å². The van der Waals surface area contributed by atoms with Crippen LogP contribution in [0.25, 0.3) is 11.1 Å². The number of amides is 2. The Kier molecular flexibility index (Phi) is 11.0. The summed E-state index contributed by atoms with van der Waals surface area (Å²) in [6, 6.07) is 11.0. The van der Waals surface area contributed by atoms with Crippen molar-refractivity contribution in [1.29, 1.82) is 0 Å². The highest BCUT2D eigenvalue weighted by molar-refractivity contribution is 6.36. The van der Waals surface area contributed by atoms with E-state index in [1.54, 1.807) is 21.9 Å². The normalized spacial score (nSPS) is 18.7. The van der Waals surface area contributed by atoms with Crippen LogP contribution in [-0.2, 0) is 11.2 Å². The predicted molar refractivity (Wildman–Crippen MR) is 158 cm³/mol. The highest BCUT2D eigenvalue weighted by Gasteiger charge is 2.36. The van der Waals surface area contributed by atoms with E-state index in [4.69, 9.17) is 23.2 Å². The van der Waals surface area contributed by atoms with Crippen molar-refractivity contribution in [3.8, 4) is 11.1 Å². The van der Waals surface area contributed by atoms with Gasteiger partial charge in [-0.1, -0.05) is 42.3 Å². The summed E-state index contributed by atoms with van der Waals surface area (Å²) in [4.78, 5) is 30.1. The van der Waals surface area contributed by atoms with Crippen molar-refractivity contribution in [1.82, 2.24) is 14.7 Å². The van der Waals surface area contributed by atoms with Crippen LogP contribution in [-0.4, -0.2) is 84.9 Å². The van der Waals surface area contributed by atoms with Gasteiger partial charge in [-0.05, 0) is 72.6 Å². The maximum absolute atomic E-state index is 13.5. The van der Waals surface area contributed by atoms with Crippen molar-refractivity contribution >= 4 is 35.5 Å². The Balaban J connectivity index is 1.33. The predicted octanol–water partition coefficient (Wildman–Crippen LogP) is 6.99. The zero-order chi connectivity index (χ0) is 29.6. The van der Waals surface area contributed by atoms with Crippen molar-refractivity contribution < 1.29 is 22.8 Å². The van der Waals surface area contributed by atoms with E-state index >= 15 is 0 Å². The van der Waals surface area contributed by atoms with Crippen LogP contribution >= 0.6 is 23.2 Å². The molecule has 1 aliphatic carbocycles. The van der Waals surface area contributed by atoms with Gasteiger partial charge in [0.15, 0.2) is 0 Å². The lowest BCUT2D eigenvalue weighted by molar-refractivity contribution is -0.123. The Morgan fingerprint density at radius 3 is 2.22 bits per heavy atom. The molecule has 224 valence electrons.